The third kappa shape index (κ3) is 7.52. The van der Waals surface area contributed by atoms with E-state index in [1.165, 1.54) is 12.1 Å². The second kappa shape index (κ2) is 10.4. The Morgan fingerprint density at radius 1 is 1.07 bits per heavy atom. The number of hydrogen-bond donors (Lipinski definition) is 2. The molecule has 0 bridgehead atoms. The molecule has 6 nitrogen and oxygen atoms in total. The standard InChI is InChI=1S/C19H20F3N3O3.HI/c20-19(21,22)12-28-15-5-2-13(3-6-15)11-24-18(23)25-14-4-7-16-17(10-14)27-9-1-8-26-16;/h2-7,10H,1,8-9,11-12H2,(H3,23,24,25);1H. The van der Waals surface area contributed by atoms with Crippen molar-refractivity contribution in [1.82, 2.24) is 0 Å². The van der Waals surface area contributed by atoms with Crippen molar-refractivity contribution in [2.75, 3.05) is 25.1 Å². The van der Waals surface area contributed by atoms with Gasteiger partial charge in [-0.1, -0.05) is 12.1 Å². The molecule has 29 heavy (non-hydrogen) atoms. The molecule has 3 rings (SSSR count). The number of guanidine groups is 1. The molecule has 3 N–H and O–H groups in total. The van der Waals surface area contributed by atoms with Crippen LogP contribution in [0.15, 0.2) is 47.5 Å². The number of rotatable bonds is 5. The molecule has 0 saturated heterocycles. The van der Waals surface area contributed by atoms with Crippen molar-refractivity contribution >= 4 is 35.6 Å². The fourth-order valence-electron chi connectivity index (χ4n) is 2.46. The van der Waals surface area contributed by atoms with Crippen LogP contribution < -0.4 is 25.3 Å². The Labute approximate surface area is 183 Å². The zero-order valence-corrected chi connectivity index (χ0v) is 17.7. The number of nitrogens with one attached hydrogen (secondary N) is 1. The van der Waals surface area contributed by atoms with Gasteiger partial charge < -0.3 is 25.3 Å². The van der Waals surface area contributed by atoms with Crippen LogP contribution in [0.25, 0.3) is 0 Å². The number of anilines is 1. The highest BCUT2D eigenvalue weighted by atomic mass is 127. The summed E-state index contributed by atoms with van der Waals surface area (Å²) in [6.07, 6.45) is -3.54. The average Bonchev–Trinajstić information content (AvgIpc) is 2.90. The number of halogens is 4. The SMILES string of the molecule is I.NC(=NCc1ccc(OCC(F)(F)F)cc1)Nc1ccc2c(c1)OCCCO2. The number of aliphatic imine (C=N–C) groups is 1. The molecular weight excluding hydrogens is 502 g/mol. The van der Waals surface area contributed by atoms with Crippen LogP contribution >= 0.6 is 24.0 Å². The zero-order valence-electron chi connectivity index (χ0n) is 15.4. The maximum absolute atomic E-state index is 12.1. The van der Waals surface area contributed by atoms with Gasteiger partial charge in [0, 0.05) is 18.2 Å². The summed E-state index contributed by atoms with van der Waals surface area (Å²) in [6.45, 7) is 0.145. The fourth-order valence-corrected chi connectivity index (χ4v) is 2.46. The van der Waals surface area contributed by atoms with Gasteiger partial charge in [0.1, 0.15) is 5.75 Å². The van der Waals surface area contributed by atoms with Crippen LogP contribution in [0, 0.1) is 0 Å². The highest BCUT2D eigenvalue weighted by Crippen LogP contribution is 2.32. The molecule has 0 aromatic heterocycles. The van der Waals surface area contributed by atoms with Crippen molar-refractivity contribution in [2.24, 2.45) is 10.7 Å². The van der Waals surface area contributed by atoms with Gasteiger partial charge >= 0.3 is 6.18 Å². The van der Waals surface area contributed by atoms with E-state index < -0.39 is 12.8 Å². The summed E-state index contributed by atoms with van der Waals surface area (Å²) in [4.78, 5) is 4.23. The lowest BCUT2D eigenvalue weighted by molar-refractivity contribution is -0.153. The lowest BCUT2D eigenvalue weighted by Gasteiger charge is -2.11. The van der Waals surface area contributed by atoms with Gasteiger partial charge in [-0.25, -0.2) is 4.99 Å². The lowest BCUT2D eigenvalue weighted by Crippen LogP contribution is -2.22. The first-order valence-corrected chi connectivity index (χ1v) is 8.64. The van der Waals surface area contributed by atoms with E-state index in [1.54, 1.807) is 24.3 Å². The Balaban J connectivity index is 0.00000300. The summed E-state index contributed by atoms with van der Waals surface area (Å²) in [5.74, 6) is 1.67. The van der Waals surface area contributed by atoms with Crippen LogP contribution in [0.5, 0.6) is 17.2 Å². The quantitative estimate of drug-likeness (QED) is 0.347. The van der Waals surface area contributed by atoms with Crippen LogP contribution in [0.1, 0.15) is 12.0 Å². The van der Waals surface area contributed by atoms with E-state index in [2.05, 4.69) is 15.0 Å². The molecule has 0 fully saturated rings. The first-order valence-electron chi connectivity index (χ1n) is 8.64. The Kier molecular flexibility index (Phi) is 8.23. The lowest BCUT2D eigenvalue weighted by atomic mass is 10.2. The van der Waals surface area contributed by atoms with Crippen LogP contribution in [-0.4, -0.2) is 32.0 Å². The summed E-state index contributed by atoms with van der Waals surface area (Å²) < 4.78 is 52.3. The topological polar surface area (TPSA) is 78.1 Å². The third-order valence-electron chi connectivity index (χ3n) is 3.78. The largest absolute Gasteiger partial charge is 0.490 e. The predicted octanol–water partition coefficient (Wildman–Crippen LogP) is 4.33. The number of hydrogen-bond acceptors (Lipinski definition) is 4. The van der Waals surface area contributed by atoms with Crippen molar-refractivity contribution in [3.05, 3.63) is 48.0 Å². The van der Waals surface area contributed by atoms with Gasteiger partial charge in [0.25, 0.3) is 0 Å². The molecule has 0 atom stereocenters. The second-order valence-electron chi connectivity index (χ2n) is 6.09. The van der Waals surface area contributed by atoms with Gasteiger partial charge in [0.2, 0.25) is 0 Å². The molecule has 1 aliphatic heterocycles. The smallest absolute Gasteiger partial charge is 0.422 e. The van der Waals surface area contributed by atoms with E-state index in [4.69, 9.17) is 15.2 Å². The minimum Gasteiger partial charge on any atom is -0.490 e. The van der Waals surface area contributed by atoms with Gasteiger partial charge in [-0.15, -0.1) is 24.0 Å². The molecule has 0 saturated carbocycles. The summed E-state index contributed by atoms with van der Waals surface area (Å²) in [7, 11) is 0. The molecule has 0 amide bonds. The summed E-state index contributed by atoms with van der Waals surface area (Å²) in [5, 5.41) is 2.97. The van der Waals surface area contributed by atoms with Gasteiger partial charge in [-0.05, 0) is 29.8 Å². The molecule has 10 heteroatoms. The van der Waals surface area contributed by atoms with Crippen LogP contribution in [-0.2, 0) is 6.54 Å². The molecule has 1 aliphatic rings. The number of benzene rings is 2. The maximum atomic E-state index is 12.1. The Bertz CT molecular complexity index is 830. The van der Waals surface area contributed by atoms with Crippen molar-refractivity contribution < 1.29 is 27.4 Å². The molecule has 2 aromatic carbocycles. The van der Waals surface area contributed by atoms with Gasteiger partial charge in [0.05, 0.1) is 19.8 Å². The number of alkyl halides is 3. The number of fused-ring (bicyclic) bond motifs is 1. The fraction of sp³-hybridized carbons (Fsp3) is 0.316. The predicted molar refractivity (Wildman–Crippen MR) is 114 cm³/mol. The first-order chi connectivity index (χ1) is 13.4. The molecule has 0 spiro atoms. The Morgan fingerprint density at radius 3 is 2.45 bits per heavy atom. The highest BCUT2D eigenvalue weighted by molar-refractivity contribution is 14.0. The summed E-state index contributed by atoms with van der Waals surface area (Å²) >= 11 is 0. The van der Waals surface area contributed by atoms with Crippen LogP contribution in [0.2, 0.25) is 0 Å². The van der Waals surface area contributed by atoms with E-state index in [-0.39, 0.29) is 42.2 Å². The maximum Gasteiger partial charge on any atom is 0.422 e. The normalized spacial score (nSPS) is 13.8. The molecule has 0 unspecified atom stereocenters. The monoisotopic (exact) mass is 523 g/mol. The second-order valence-corrected chi connectivity index (χ2v) is 6.09. The molecule has 0 radical (unpaired) electrons. The van der Waals surface area contributed by atoms with E-state index in [0.717, 1.165) is 12.0 Å². The average molecular weight is 523 g/mol. The van der Waals surface area contributed by atoms with E-state index in [1.807, 2.05) is 6.07 Å². The van der Waals surface area contributed by atoms with Crippen molar-refractivity contribution in [2.45, 2.75) is 19.1 Å². The number of nitrogens with zero attached hydrogens (tertiary/aromatic N) is 1. The van der Waals surface area contributed by atoms with E-state index in [9.17, 15) is 13.2 Å². The molecule has 158 valence electrons. The molecule has 2 aromatic rings. The summed E-state index contributed by atoms with van der Waals surface area (Å²) in [5.41, 5.74) is 7.39. The van der Waals surface area contributed by atoms with Gasteiger partial charge in [-0.2, -0.15) is 13.2 Å². The van der Waals surface area contributed by atoms with Crippen molar-refractivity contribution in [3.63, 3.8) is 0 Å². The Morgan fingerprint density at radius 2 is 1.76 bits per heavy atom. The molecule has 1 heterocycles. The van der Waals surface area contributed by atoms with E-state index >= 15 is 0 Å². The zero-order chi connectivity index (χ0) is 20.0. The molecular formula is C19H21F3IN3O3. The van der Waals surface area contributed by atoms with E-state index in [0.29, 0.717) is 30.4 Å². The third-order valence-corrected chi connectivity index (χ3v) is 3.78. The van der Waals surface area contributed by atoms with Crippen LogP contribution in [0.3, 0.4) is 0 Å². The van der Waals surface area contributed by atoms with Crippen LogP contribution in [0.4, 0.5) is 18.9 Å². The van der Waals surface area contributed by atoms with Crippen molar-refractivity contribution in [1.29, 1.82) is 0 Å². The molecule has 0 aliphatic carbocycles. The van der Waals surface area contributed by atoms with Crippen molar-refractivity contribution in [3.8, 4) is 17.2 Å². The van der Waals surface area contributed by atoms with Gasteiger partial charge in [0.15, 0.2) is 24.1 Å². The summed E-state index contributed by atoms with van der Waals surface area (Å²) in [6, 6.07) is 11.6. The highest BCUT2D eigenvalue weighted by Gasteiger charge is 2.28. The number of nitrogens with two attached hydrogens (primary N) is 1. The Hall–Kier alpha value is -2.37. The number of ether oxygens (including phenoxy) is 3. The minimum atomic E-state index is -4.37. The first kappa shape index (κ1) is 22.9. The van der Waals surface area contributed by atoms with Gasteiger partial charge in [-0.3, -0.25) is 0 Å². The minimum absolute atomic E-state index is 0.